The van der Waals surface area contributed by atoms with E-state index in [-0.39, 0.29) is 5.91 Å². The van der Waals surface area contributed by atoms with Crippen LogP contribution >= 0.6 is 0 Å². The molecule has 42 heavy (non-hydrogen) atoms. The maximum atomic E-state index is 12.8. The number of piperazine rings is 1. The number of ether oxygens (including phenoxy) is 3. The molecule has 0 atom stereocenters. The van der Waals surface area contributed by atoms with Gasteiger partial charge >= 0.3 is 5.97 Å². The van der Waals surface area contributed by atoms with Gasteiger partial charge in [0.25, 0.3) is 0 Å². The Morgan fingerprint density at radius 2 is 1.62 bits per heavy atom. The SMILES string of the molecule is COC(=O)/C=C/C(=O)Nc1ccc(CCCCC(=O)N2CCN(c3nc(N)c4cc(OC)c(OC)cc4n3)CC2)cc1. The lowest BCUT2D eigenvalue weighted by molar-refractivity contribution is -0.135. The highest BCUT2D eigenvalue weighted by atomic mass is 16.5. The number of benzene rings is 2. The second kappa shape index (κ2) is 14.2. The summed E-state index contributed by atoms with van der Waals surface area (Å²) >= 11 is 0. The maximum absolute atomic E-state index is 12.8. The van der Waals surface area contributed by atoms with Gasteiger partial charge in [-0.05, 0) is 43.0 Å². The van der Waals surface area contributed by atoms with Crippen molar-refractivity contribution in [3.8, 4) is 11.5 Å². The molecule has 1 aliphatic heterocycles. The molecule has 3 N–H and O–H groups in total. The second-order valence-electron chi connectivity index (χ2n) is 9.75. The van der Waals surface area contributed by atoms with Crippen LogP contribution in [0, 0.1) is 0 Å². The molecule has 3 aromatic rings. The van der Waals surface area contributed by atoms with Crippen LogP contribution in [0.3, 0.4) is 0 Å². The number of nitrogens with zero attached hydrogens (tertiary/aromatic N) is 4. The molecule has 0 radical (unpaired) electrons. The number of esters is 1. The highest BCUT2D eigenvalue weighted by Crippen LogP contribution is 2.34. The number of rotatable bonds is 11. The Labute approximate surface area is 244 Å². The molecule has 2 amide bonds. The Bertz CT molecular complexity index is 1450. The first-order valence-corrected chi connectivity index (χ1v) is 13.7. The van der Waals surface area contributed by atoms with Gasteiger partial charge in [0.15, 0.2) is 11.5 Å². The Morgan fingerprint density at radius 1 is 0.929 bits per heavy atom. The van der Waals surface area contributed by atoms with Gasteiger partial charge in [-0.25, -0.2) is 9.78 Å². The first kappa shape index (κ1) is 30.1. The molecule has 0 saturated carbocycles. The fourth-order valence-electron chi connectivity index (χ4n) is 4.68. The van der Waals surface area contributed by atoms with E-state index in [0.717, 1.165) is 37.0 Å². The van der Waals surface area contributed by atoms with Crippen molar-refractivity contribution in [2.45, 2.75) is 25.7 Å². The van der Waals surface area contributed by atoms with Crippen molar-refractivity contribution in [3.05, 3.63) is 54.1 Å². The van der Waals surface area contributed by atoms with Crippen molar-refractivity contribution in [3.63, 3.8) is 0 Å². The van der Waals surface area contributed by atoms with Gasteiger partial charge in [0, 0.05) is 61.9 Å². The number of nitrogens with one attached hydrogen (secondary N) is 1. The fraction of sp³-hybridized carbons (Fsp3) is 0.367. The number of unbranched alkanes of at least 4 members (excludes halogenated alkanes) is 1. The molecule has 4 rings (SSSR count). The molecule has 0 bridgehead atoms. The number of nitrogens with two attached hydrogens (primary N) is 1. The highest BCUT2D eigenvalue weighted by Gasteiger charge is 2.23. The lowest BCUT2D eigenvalue weighted by Gasteiger charge is -2.35. The lowest BCUT2D eigenvalue weighted by Crippen LogP contribution is -2.49. The molecule has 0 unspecified atom stereocenters. The van der Waals surface area contributed by atoms with Crippen LogP contribution in [0.15, 0.2) is 48.6 Å². The monoisotopic (exact) mass is 576 g/mol. The minimum absolute atomic E-state index is 0.142. The molecule has 2 aromatic carbocycles. The lowest BCUT2D eigenvalue weighted by atomic mass is 10.1. The van der Waals surface area contributed by atoms with Crippen molar-refractivity contribution in [1.82, 2.24) is 14.9 Å². The number of hydrogen-bond donors (Lipinski definition) is 2. The molecule has 0 aliphatic carbocycles. The van der Waals surface area contributed by atoms with Crippen LogP contribution in [0.25, 0.3) is 10.9 Å². The number of nitrogen functional groups attached to an aromatic ring is 1. The highest BCUT2D eigenvalue weighted by molar-refractivity contribution is 6.02. The van der Waals surface area contributed by atoms with E-state index in [1.54, 1.807) is 26.4 Å². The maximum Gasteiger partial charge on any atom is 0.330 e. The molecular weight excluding hydrogens is 540 g/mol. The van der Waals surface area contributed by atoms with Gasteiger partial charge in [0.1, 0.15) is 5.82 Å². The summed E-state index contributed by atoms with van der Waals surface area (Å²) < 4.78 is 15.2. The standard InChI is InChI=1S/C30H36N6O6/c1-40-24-18-22-23(19-25(24)41-2)33-30(34-29(22)31)36-16-14-35(15-17-36)27(38)7-5-4-6-20-8-10-21(11-9-20)32-26(37)12-13-28(39)42-3/h8-13,18-19H,4-7,14-17H2,1-3H3,(H,32,37)(H2,31,33,34)/b13-12+. The smallest absolute Gasteiger partial charge is 0.330 e. The second-order valence-corrected chi connectivity index (χ2v) is 9.75. The Kier molecular flexibility index (Phi) is 10.1. The van der Waals surface area contributed by atoms with Crippen LogP contribution in [0.1, 0.15) is 24.8 Å². The van der Waals surface area contributed by atoms with Crippen LogP contribution < -0.4 is 25.4 Å². The summed E-state index contributed by atoms with van der Waals surface area (Å²) in [7, 11) is 4.39. The number of amides is 2. The van der Waals surface area contributed by atoms with E-state index in [1.807, 2.05) is 34.1 Å². The van der Waals surface area contributed by atoms with Crippen molar-refractivity contribution < 1.29 is 28.6 Å². The summed E-state index contributed by atoms with van der Waals surface area (Å²) in [4.78, 5) is 48.9. The number of fused-ring (bicyclic) bond motifs is 1. The predicted molar refractivity (Wildman–Crippen MR) is 160 cm³/mol. The Hall–Kier alpha value is -4.87. The summed E-state index contributed by atoms with van der Waals surface area (Å²) in [5, 5.41) is 3.38. The number of aryl methyl sites for hydroxylation is 1. The summed E-state index contributed by atoms with van der Waals surface area (Å²) in [6.45, 7) is 2.42. The molecule has 12 nitrogen and oxygen atoms in total. The Balaban J connectivity index is 1.21. The van der Waals surface area contributed by atoms with Crippen LogP contribution in [0.4, 0.5) is 17.5 Å². The van der Waals surface area contributed by atoms with Crippen molar-refractivity contribution in [2.24, 2.45) is 0 Å². The first-order chi connectivity index (χ1) is 20.3. The van der Waals surface area contributed by atoms with Crippen LogP contribution in [-0.4, -0.2) is 80.2 Å². The number of methoxy groups -OCH3 is 3. The third-order valence-electron chi connectivity index (χ3n) is 7.03. The van der Waals surface area contributed by atoms with Crippen molar-refractivity contribution in [2.75, 3.05) is 63.5 Å². The molecule has 1 saturated heterocycles. The minimum Gasteiger partial charge on any atom is -0.493 e. The first-order valence-electron chi connectivity index (χ1n) is 13.7. The zero-order chi connectivity index (χ0) is 30.1. The average Bonchev–Trinajstić information content (AvgIpc) is 3.01. The van der Waals surface area contributed by atoms with Gasteiger partial charge < -0.3 is 35.1 Å². The van der Waals surface area contributed by atoms with Gasteiger partial charge in [-0.1, -0.05) is 12.1 Å². The van der Waals surface area contributed by atoms with E-state index in [2.05, 4.69) is 15.0 Å². The topological polar surface area (TPSA) is 149 Å². The predicted octanol–water partition coefficient (Wildman–Crippen LogP) is 2.96. The normalized spacial score (nSPS) is 13.3. The van der Waals surface area contributed by atoms with Crippen LogP contribution in [0.2, 0.25) is 0 Å². The number of carbonyl (C=O) groups is 3. The molecule has 1 aliphatic rings. The van der Waals surface area contributed by atoms with Gasteiger partial charge in [-0.3, -0.25) is 9.59 Å². The Morgan fingerprint density at radius 3 is 2.29 bits per heavy atom. The van der Waals surface area contributed by atoms with Crippen molar-refractivity contribution >= 4 is 46.1 Å². The summed E-state index contributed by atoms with van der Waals surface area (Å²) in [6, 6.07) is 11.1. The largest absolute Gasteiger partial charge is 0.493 e. The average molecular weight is 577 g/mol. The summed E-state index contributed by atoms with van der Waals surface area (Å²) in [6.07, 6.45) is 5.16. The zero-order valence-corrected chi connectivity index (χ0v) is 24.1. The quantitative estimate of drug-likeness (QED) is 0.198. The van der Waals surface area contributed by atoms with Gasteiger partial charge in [-0.15, -0.1) is 0 Å². The van der Waals surface area contributed by atoms with Crippen LogP contribution in [-0.2, 0) is 25.5 Å². The summed E-state index contributed by atoms with van der Waals surface area (Å²) in [5.41, 5.74) is 8.66. The molecule has 222 valence electrons. The number of hydrogen-bond acceptors (Lipinski definition) is 10. The van der Waals surface area contributed by atoms with E-state index in [1.165, 1.54) is 7.11 Å². The third kappa shape index (κ3) is 7.65. The van der Waals surface area contributed by atoms with E-state index in [0.29, 0.717) is 72.5 Å². The van der Waals surface area contributed by atoms with Crippen molar-refractivity contribution in [1.29, 1.82) is 0 Å². The molecule has 0 spiro atoms. The molecule has 1 aromatic heterocycles. The molecule has 12 heteroatoms. The van der Waals surface area contributed by atoms with Gasteiger partial charge in [0.05, 0.1) is 26.8 Å². The fourth-order valence-corrected chi connectivity index (χ4v) is 4.68. The molecule has 1 fully saturated rings. The zero-order valence-electron chi connectivity index (χ0n) is 24.1. The molecule has 2 heterocycles. The number of aromatic nitrogens is 2. The van der Waals surface area contributed by atoms with E-state index >= 15 is 0 Å². The van der Waals surface area contributed by atoms with E-state index < -0.39 is 11.9 Å². The van der Waals surface area contributed by atoms with Gasteiger partial charge in [0.2, 0.25) is 17.8 Å². The third-order valence-corrected chi connectivity index (χ3v) is 7.03. The summed E-state index contributed by atoms with van der Waals surface area (Å²) in [5.74, 6) is 1.16. The number of carbonyl (C=O) groups excluding carboxylic acids is 3. The minimum atomic E-state index is -0.592. The van der Waals surface area contributed by atoms with E-state index in [9.17, 15) is 14.4 Å². The number of anilines is 3. The van der Waals surface area contributed by atoms with E-state index in [4.69, 9.17) is 20.2 Å². The van der Waals surface area contributed by atoms with Gasteiger partial charge in [-0.2, -0.15) is 4.98 Å². The van der Waals surface area contributed by atoms with Crippen LogP contribution in [0.5, 0.6) is 11.5 Å². The molecular formula is C30H36N6O6.